The second-order valence-electron chi connectivity index (χ2n) is 16.8. The molecular formula is C54H53BrF4N4O8. The Morgan fingerprint density at radius 3 is 1.55 bits per heavy atom. The van der Waals surface area contributed by atoms with Gasteiger partial charge in [-0.3, -0.25) is 18.4 Å². The summed E-state index contributed by atoms with van der Waals surface area (Å²) in [5.41, 5.74) is 0.632. The van der Waals surface area contributed by atoms with Crippen LogP contribution in [0.1, 0.15) is 73.4 Å². The fourth-order valence-corrected chi connectivity index (χ4v) is 7.49. The highest BCUT2D eigenvalue weighted by Gasteiger charge is 2.24. The maximum Gasteiger partial charge on any atom is 0.345 e. The molecule has 0 spiro atoms. The number of esters is 2. The standard InChI is InChI=1S/C27H26F2N2O4.C20H21FN2O4.C7H6BrF/c1-4-34-27(33)22-14-30(13-19-7-5-6-8-23(19)28)25-24(29)21(15-31(25)26(22)32)18-9-11-20(12-10-18)35-16-17(2)3;1-4-26-20(25)15-9-22-18-17(21)16(10-23(18)19(15)24)13-5-7-14(8-6-13)27-11-12(2)3;8-5-6-3-1-2-4-7(6)9/h5-12,14-15,17H,4,13,16H2,1-3H3;5-10,12,22H,4,11H2,1-3H3;1-4H,5H2. The normalized spacial score (nSPS) is 11.0. The number of fused-ring (bicyclic) bond motifs is 2. The van der Waals surface area contributed by atoms with Crippen LogP contribution >= 0.6 is 15.9 Å². The van der Waals surface area contributed by atoms with Crippen LogP contribution < -0.4 is 20.6 Å². The van der Waals surface area contributed by atoms with Gasteiger partial charge in [0.2, 0.25) is 0 Å². The number of rotatable bonds is 15. The van der Waals surface area contributed by atoms with Crippen molar-refractivity contribution in [3.63, 3.8) is 0 Å². The zero-order valence-corrected chi connectivity index (χ0v) is 41.5. The van der Waals surface area contributed by atoms with Crippen LogP contribution in [0.2, 0.25) is 0 Å². The van der Waals surface area contributed by atoms with Crippen LogP contribution in [0.5, 0.6) is 11.5 Å². The molecule has 0 aliphatic rings. The maximum absolute atomic E-state index is 15.8. The molecular weight excluding hydrogens is 989 g/mol. The van der Waals surface area contributed by atoms with Gasteiger partial charge in [0.05, 0.1) is 33.0 Å². The molecule has 17 heteroatoms. The number of alkyl halides is 1. The van der Waals surface area contributed by atoms with E-state index in [1.54, 1.807) is 92.7 Å². The minimum Gasteiger partial charge on any atom is -0.493 e. The highest BCUT2D eigenvalue weighted by atomic mass is 79.9. The molecule has 71 heavy (non-hydrogen) atoms. The van der Waals surface area contributed by atoms with E-state index in [4.69, 9.17) is 18.9 Å². The molecule has 0 saturated heterocycles. The van der Waals surface area contributed by atoms with E-state index in [9.17, 15) is 32.3 Å². The molecule has 0 fully saturated rings. The Labute approximate surface area is 415 Å². The van der Waals surface area contributed by atoms with E-state index in [1.807, 2.05) is 19.9 Å². The fourth-order valence-electron chi connectivity index (χ4n) is 7.03. The van der Waals surface area contributed by atoms with Crippen molar-refractivity contribution in [1.29, 1.82) is 0 Å². The number of aromatic amines is 1. The molecule has 0 atom stereocenters. The van der Waals surface area contributed by atoms with Gasteiger partial charge in [0, 0.05) is 46.8 Å². The van der Waals surface area contributed by atoms with Crippen LogP contribution in [0.4, 0.5) is 17.6 Å². The number of nitrogens with zero attached hydrogens (tertiary/aromatic N) is 3. The number of carbonyl (C=O) groups is 2. The summed E-state index contributed by atoms with van der Waals surface area (Å²) in [5.74, 6) is -1.33. The average Bonchev–Trinajstić information content (AvgIpc) is 3.89. The zero-order chi connectivity index (χ0) is 51.4. The predicted molar refractivity (Wildman–Crippen MR) is 268 cm³/mol. The van der Waals surface area contributed by atoms with Crippen LogP contribution in [0, 0.1) is 35.1 Å². The first-order chi connectivity index (χ1) is 34.1. The topological polar surface area (TPSA) is 135 Å². The number of aromatic nitrogens is 4. The quantitative estimate of drug-likeness (QED) is 0.0609. The van der Waals surface area contributed by atoms with E-state index in [-0.39, 0.29) is 64.7 Å². The summed E-state index contributed by atoms with van der Waals surface area (Å²) in [6, 6.07) is 26.6. The summed E-state index contributed by atoms with van der Waals surface area (Å²) < 4.78 is 82.2. The lowest BCUT2D eigenvalue weighted by Gasteiger charge is -2.12. The number of ether oxygens (including phenoxy) is 4. The highest BCUT2D eigenvalue weighted by Crippen LogP contribution is 2.30. The van der Waals surface area contributed by atoms with Gasteiger partial charge in [-0.2, -0.15) is 0 Å². The molecule has 0 saturated carbocycles. The predicted octanol–water partition coefficient (Wildman–Crippen LogP) is 11.7. The second kappa shape index (κ2) is 24.4. The first-order valence-electron chi connectivity index (χ1n) is 22.8. The van der Waals surface area contributed by atoms with Crippen molar-refractivity contribution >= 4 is 39.2 Å². The van der Waals surface area contributed by atoms with Crippen LogP contribution in [0.25, 0.3) is 33.5 Å². The number of H-pyrrole nitrogens is 1. The van der Waals surface area contributed by atoms with Gasteiger partial charge >= 0.3 is 11.9 Å². The van der Waals surface area contributed by atoms with Crippen molar-refractivity contribution in [2.24, 2.45) is 11.8 Å². The summed E-state index contributed by atoms with van der Waals surface area (Å²) in [5, 5.41) is 0.583. The van der Waals surface area contributed by atoms with Crippen LogP contribution in [-0.4, -0.2) is 56.7 Å². The van der Waals surface area contributed by atoms with Crippen molar-refractivity contribution in [3.8, 4) is 33.8 Å². The van der Waals surface area contributed by atoms with E-state index >= 15 is 4.39 Å². The lowest BCUT2D eigenvalue weighted by atomic mass is 10.1. The monoisotopic (exact) mass is 1040 g/mol. The molecule has 0 radical (unpaired) electrons. The molecule has 8 aromatic rings. The zero-order valence-electron chi connectivity index (χ0n) is 39.9. The van der Waals surface area contributed by atoms with Crippen molar-refractivity contribution in [2.45, 2.75) is 53.4 Å². The Morgan fingerprint density at radius 1 is 0.606 bits per heavy atom. The lowest BCUT2D eigenvalue weighted by molar-refractivity contribution is 0.0513. The van der Waals surface area contributed by atoms with E-state index in [2.05, 4.69) is 34.8 Å². The third-order valence-corrected chi connectivity index (χ3v) is 11.2. The summed E-state index contributed by atoms with van der Waals surface area (Å²) in [4.78, 5) is 52.6. The van der Waals surface area contributed by atoms with Crippen LogP contribution in [0.15, 0.2) is 131 Å². The number of nitrogens with one attached hydrogen (secondary N) is 1. The number of carbonyl (C=O) groups excluding carboxylic acids is 2. The molecule has 8 rings (SSSR count). The number of benzene rings is 4. The number of hydrogen-bond donors (Lipinski definition) is 1. The molecule has 0 aliphatic carbocycles. The summed E-state index contributed by atoms with van der Waals surface area (Å²) in [6.07, 6.45) is 5.11. The Hall–Kier alpha value is -7.40. The third-order valence-electron chi connectivity index (χ3n) is 10.6. The SMILES string of the molecule is CCOC(=O)c1c[nH]c2c(F)c(-c3ccc(OCC(C)C)cc3)cn2c1=O.CCOC(=O)c1cn(Cc2ccccc2F)c2c(F)c(-c3ccc(OCC(C)C)cc3)cn2c1=O.Fc1ccccc1CBr. The van der Waals surface area contributed by atoms with Gasteiger partial charge in [0.15, 0.2) is 22.9 Å². The molecule has 4 aromatic heterocycles. The Balaban J connectivity index is 0.000000202. The summed E-state index contributed by atoms with van der Waals surface area (Å²) in [6.45, 7) is 12.7. The van der Waals surface area contributed by atoms with Crippen molar-refractivity contribution in [1.82, 2.24) is 18.4 Å². The van der Waals surface area contributed by atoms with Gasteiger partial charge in [0.25, 0.3) is 11.1 Å². The molecule has 0 aliphatic heterocycles. The van der Waals surface area contributed by atoms with Crippen LogP contribution in [0.3, 0.4) is 0 Å². The fraction of sp³-hybridized carbons (Fsp3) is 0.259. The van der Waals surface area contributed by atoms with Gasteiger partial charge in [-0.05, 0) is 78.8 Å². The number of halogens is 5. The van der Waals surface area contributed by atoms with Crippen molar-refractivity contribution in [2.75, 3.05) is 26.4 Å². The van der Waals surface area contributed by atoms with E-state index in [1.165, 1.54) is 41.5 Å². The second-order valence-corrected chi connectivity index (χ2v) is 17.4. The van der Waals surface area contributed by atoms with Gasteiger partial charge in [-0.15, -0.1) is 0 Å². The average molecular weight is 1040 g/mol. The first-order valence-corrected chi connectivity index (χ1v) is 23.9. The highest BCUT2D eigenvalue weighted by molar-refractivity contribution is 9.08. The minimum absolute atomic E-state index is 0.0109. The van der Waals surface area contributed by atoms with E-state index < -0.39 is 40.5 Å². The summed E-state index contributed by atoms with van der Waals surface area (Å²) in [7, 11) is 0. The molecule has 12 nitrogen and oxygen atoms in total. The Bertz CT molecular complexity index is 3240. The van der Waals surface area contributed by atoms with Gasteiger partial charge in [-0.1, -0.05) is 104 Å². The molecule has 4 heterocycles. The van der Waals surface area contributed by atoms with Gasteiger partial charge < -0.3 is 28.5 Å². The number of hydrogen-bond acceptors (Lipinski definition) is 8. The van der Waals surface area contributed by atoms with Crippen molar-refractivity contribution in [3.05, 3.63) is 188 Å². The van der Waals surface area contributed by atoms with Crippen LogP contribution in [-0.2, 0) is 21.3 Å². The van der Waals surface area contributed by atoms with E-state index in [0.717, 1.165) is 8.80 Å². The largest absolute Gasteiger partial charge is 0.493 e. The molecule has 0 amide bonds. The van der Waals surface area contributed by atoms with Crippen molar-refractivity contribution < 1.29 is 46.1 Å². The Morgan fingerprint density at radius 2 is 1.07 bits per heavy atom. The minimum atomic E-state index is -0.830. The van der Waals surface area contributed by atoms with Gasteiger partial charge in [0.1, 0.15) is 34.3 Å². The molecule has 0 unspecified atom stereocenters. The maximum atomic E-state index is 15.8. The molecule has 4 aromatic carbocycles. The molecule has 372 valence electrons. The van der Waals surface area contributed by atoms with Gasteiger partial charge in [-0.25, -0.2) is 27.2 Å². The third kappa shape index (κ3) is 12.9. The lowest BCUT2D eigenvalue weighted by Crippen LogP contribution is -2.26. The smallest absolute Gasteiger partial charge is 0.345 e. The first kappa shape index (κ1) is 53.0. The summed E-state index contributed by atoms with van der Waals surface area (Å²) >= 11 is 3.17. The molecule has 1 N–H and O–H groups in total. The molecule has 0 bridgehead atoms. The Kier molecular flexibility index (Phi) is 18.2. The van der Waals surface area contributed by atoms with E-state index in [0.29, 0.717) is 58.6 Å².